The van der Waals surface area contributed by atoms with Crippen LogP contribution in [0.25, 0.3) is 0 Å². The Morgan fingerprint density at radius 2 is 2.14 bits per heavy atom. The van der Waals surface area contributed by atoms with Crippen molar-refractivity contribution in [1.82, 2.24) is 0 Å². The summed E-state index contributed by atoms with van der Waals surface area (Å²) in [4.78, 5) is 11.7. The van der Waals surface area contributed by atoms with Crippen LogP contribution in [-0.4, -0.2) is 24.3 Å². The maximum atomic E-state index is 11.7. The fourth-order valence-corrected chi connectivity index (χ4v) is 3.26. The van der Waals surface area contributed by atoms with E-state index >= 15 is 0 Å². The zero-order valence-corrected chi connectivity index (χ0v) is 8.71. The van der Waals surface area contributed by atoms with Crippen LogP contribution in [0.15, 0.2) is 0 Å². The minimum atomic E-state index is -0.225. The van der Waals surface area contributed by atoms with Gasteiger partial charge in [0.05, 0.1) is 12.0 Å². The molecule has 80 valence electrons. The summed E-state index contributed by atoms with van der Waals surface area (Å²) in [6, 6.07) is 0. The largest absolute Gasteiger partial charge is 0.466 e. The van der Waals surface area contributed by atoms with E-state index in [4.69, 9.17) is 4.74 Å². The molecular formula is C11H18O3. The van der Waals surface area contributed by atoms with Crippen LogP contribution in [0.4, 0.5) is 0 Å². The van der Waals surface area contributed by atoms with Gasteiger partial charge < -0.3 is 9.84 Å². The minimum absolute atomic E-state index is 0.0382. The third kappa shape index (κ3) is 1.26. The summed E-state index contributed by atoms with van der Waals surface area (Å²) < 4.78 is 5.09. The molecule has 3 aliphatic carbocycles. The summed E-state index contributed by atoms with van der Waals surface area (Å²) in [5, 5.41) is 9.26. The van der Waals surface area contributed by atoms with Gasteiger partial charge in [-0.15, -0.1) is 0 Å². The highest BCUT2D eigenvalue weighted by Gasteiger charge is 2.61. The third-order valence-electron chi connectivity index (χ3n) is 3.83. The predicted octanol–water partition coefficient (Wildman–Crippen LogP) is 1.49. The number of hydrogen-bond donors (Lipinski definition) is 1. The molecule has 0 atom stereocenters. The number of carbonyl (C=O) groups is 1. The molecule has 3 saturated carbocycles. The summed E-state index contributed by atoms with van der Waals surface area (Å²) in [5.41, 5.74) is -0.165. The summed E-state index contributed by atoms with van der Waals surface area (Å²) in [7, 11) is 0. The minimum Gasteiger partial charge on any atom is -0.466 e. The molecule has 1 N–H and O–H groups in total. The molecule has 3 heteroatoms. The summed E-state index contributed by atoms with van der Waals surface area (Å²) >= 11 is 0. The van der Waals surface area contributed by atoms with E-state index in [0.29, 0.717) is 6.61 Å². The van der Waals surface area contributed by atoms with Crippen LogP contribution in [0.3, 0.4) is 0 Å². The standard InChI is InChI=1S/C11H18O3/c1-2-14-9(13)11-5-3-4-10(6-11,7-11)8-12/h12H,2-8H2,1H3. The topological polar surface area (TPSA) is 46.5 Å². The Bertz CT molecular complexity index is 241. The molecule has 0 unspecified atom stereocenters. The van der Waals surface area contributed by atoms with E-state index < -0.39 is 0 Å². The molecular weight excluding hydrogens is 180 g/mol. The number of aliphatic hydroxyl groups is 1. The van der Waals surface area contributed by atoms with E-state index in [-0.39, 0.29) is 23.4 Å². The molecule has 3 fully saturated rings. The lowest BCUT2D eigenvalue weighted by Crippen LogP contribution is -2.56. The Morgan fingerprint density at radius 1 is 1.43 bits per heavy atom. The smallest absolute Gasteiger partial charge is 0.312 e. The van der Waals surface area contributed by atoms with Crippen molar-refractivity contribution in [2.75, 3.05) is 13.2 Å². The number of hydrogen-bond acceptors (Lipinski definition) is 3. The molecule has 0 heterocycles. The fourth-order valence-electron chi connectivity index (χ4n) is 3.26. The van der Waals surface area contributed by atoms with Gasteiger partial charge in [0.1, 0.15) is 0 Å². The van der Waals surface area contributed by atoms with Crippen molar-refractivity contribution in [3.05, 3.63) is 0 Å². The molecule has 0 amide bonds. The second-order valence-electron chi connectivity index (χ2n) is 4.87. The zero-order chi connectivity index (χ0) is 10.2. The van der Waals surface area contributed by atoms with Crippen molar-refractivity contribution in [1.29, 1.82) is 0 Å². The first-order valence-electron chi connectivity index (χ1n) is 5.45. The van der Waals surface area contributed by atoms with Crippen LogP contribution < -0.4 is 0 Å². The highest BCUT2D eigenvalue weighted by atomic mass is 16.5. The average molecular weight is 198 g/mol. The first kappa shape index (κ1) is 9.97. The average Bonchev–Trinajstić information content (AvgIpc) is 2.17. The Kier molecular flexibility index (Phi) is 2.30. The van der Waals surface area contributed by atoms with Crippen LogP contribution in [0, 0.1) is 10.8 Å². The maximum absolute atomic E-state index is 11.7. The molecule has 0 aromatic carbocycles. The van der Waals surface area contributed by atoms with E-state index in [2.05, 4.69) is 0 Å². The number of esters is 1. The summed E-state index contributed by atoms with van der Waals surface area (Å²) in [5.74, 6) is -0.0382. The lowest BCUT2D eigenvalue weighted by molar-refractivity contribution is -0.187. The van der Waals surface area contributed by atoms with E-state index in [1.807, 2.05) is 6.92 Å². The number of fused-ring (bicyclic) bond motifs is 2. The van der Waals surface area contributed by atoms with Crippen LogP contribution >= 0.6 is 0 Å². The SMILES string of the molecule is CCOC(=O)C12CCCC(CO)(C1)C2. The zero-order valence-electron chi connectivity index (χ0n) is 8.71. The van der Waals surface area contributed by atoms with Gasteiger partial charge in [0.2, 0.25) is 0 Å². The molecule has 0 aromatic heterocycles. The maximum Gasteiger partial charge on any atom is 0.312 e. The lowest BCUT2D eigenvalue weighted by atomic mass is 9.46. The Labute approximate surface area is 84.4 Å². The van der Waals surface area contributed by atoms with Gasteiger partial charge in [-0.2, -0.15) is 0 Å². The normalized spacial score (nSPS) is 40.1. The number of carbonyl (C=O) groups excluding carboxylic acids is 1. The molecule has 0 radical (unpaired) electrons. The van der Waals surface area contributed by atoms with Crippen molar-refractivity contribution in [3.63, 3.8) is 0 Å². The number of ether oxygens (including phenoxy) is 1. The molecule has 14 heavy (non-hydrogen) atoms. The molecule has 2 bridgehead atoms. The second-order valence-corrected chi connectivity index (χ2v) is 4.87. The van der Waals surface area contributed by atoms with Crippen LogP contribution in [-0.2, 0) is 9.53 Å². The number of rotatable bonds is 3. The van der Waals surface area contributed by atoms with E-state index in [9.17, 15) is 9.90 Å². The molecule has 3 nitrogen and oxygen atoms in total. The monoisotopic (exact) mass is 198 g/mol. The van der Waals surface area contributed by atoms with E-state index in [1.165, 1.54) is 0 Å². The second kappa shape index (κ2) is 3.23. The Hall–Kier alpha value is -0.570. The predicted molar refractivity (Wildman–Crippen MR) is 51.7 cm³/mol. The third-order valence-corrected chi connectivity index (χ3v) is 3.83. The Morgan fingerprint density at radius 3 is 2.71 bits per heavy atom. The van der Waals surface area contributed by atoms with Gasteiger partial charge in [-0.3, -0.25) is 4.79 Å². The van der Waals surface area contributed by atoms with Crippen molar-refractivity contribution < 1.29 is 14.6 Å². The molecule has 0 aliphatic heterocycles. The molecule has 0 saturated heterocycles. The summed E-state index contributed by atoms with van der Waals surface area (Å²) in [6.07, 6.45) is 4.77. The first-order valence-corrected chi connectivity index (χ1v) is 5.45. The highest BCUT2D eigenvalue weighted by Crippen LogP contribution is 2.63. The van der Waals surface area contributed by atoms with Gasteiger partial charge in [0.25, 0.3) is 0 Å². The van der Waals surface area contributed by atoms with Crippen LogP contribution in [0.5, 0.6) is 0 Å². The van der Waals surface area contributed by atoms with Crippen LogP contribution in [0.2, 0.25) is 0 Å². The van der Waals surface area contributed by atoms with Gasteiger partial charge in [0, 0.05) is 6.61 Å². The number of aliphatic hydroxyl groups excluding tert-OH is 1. The van der Waals surface area contributed by atoms with E-state index in [1.54, 1.807) is 0 Å². The summed E-state index contributed by atoms with van der Waals surface area (Å²) in [6.45, 7) is 2.54. The van der Waals surface area contributed by atoms with Crippen molar-refractivity contribution in [3.8, 4) is 0 Å². The molecule has 0 spiro atoms. The van der Waals surface area contributed by atoms with Crippen molar-refractivity contribution in [2.24, 2.45) is 10.8 Å². The van der Waals surface area contributed by atoms with Gasteiger partial charge in [-0.05, 0) is 38.0 Å². The van der Waals surface area contributed by atoms with E-state index in [0.717, 1.165) is 32.1 Å². The molecule has 3 aliphatic rings. The quantitative estimate of drug-likeness (QED) is 0.699. The lowest BCUT2D eigenvalue weighted by Gasteiger charge is -2.58. The van der Waals surface area contributed by atoms with Gasteiger partial charge in [0.15, 0.2) is 0 Å². The highest BCUT2D eigenvalue weighted by molar-refractivity contribution is 5.78. The molecule has 0 aromatic rings. The van der Waals surface area contributed by atoms with Crippen molar-refractivity contribution >= 4 is 5.97 Å². The van der Waals surface area contributed by atoms with Gasteiger partial charge >= 0.3 is 5.97 Å². The van der Waals surface area contributed by atoms with Crippen LogP contribution in [0.1, 0.15) is 39.0 Å². The molecule has 3 rings (SSSR count). The Balaban J connectivity index is 2.03. The first-order chi connectivity index (χ1) is 6.66. The van der Waals surface area contributed by atoms with Gasteiger partial charge in [-0.25, -0.2) is 0 Å². The van der Waals surface area contributed by atoms with Gasteiger partial charge in [-0.1, -0.05) is 6.42 Å². The van der Waals surface area contributed by atoms with Crippen molar-refractivity contribution in [2.45, 2.75) is 39.0 Å². The fraction of sp³-hybridized carbons (Fsp3) is 0.909.